The van der Waals surface area contributed by atoms with Crippen LogP contribution in [0.5, 0.6) is 0 Å². The van der Waals surface area contributed by atoms with Gasteiger partial charge < -0.3 is 10.3 Å². The lowest BCUT2D eigenvalue weighted by Crippen LogP contribution is -2.15. The van der Waals surface area contributed by atoms with Crippen molar-refractivity contribution >= 4 is 5.91 Å². The van der Waals surface area contributed by atoms with Crippen molar-refractivity contribution in [1.29, 1.82) is 0 Å². The molecule has 0 saturated heterocycles. The molecule has 0 spiro atoms. The molecule has 0 aliphatic heterocycles. The van der Waals surface area contributed by atoms with Crippen LogP contribution in [-0.4, -0.2) is 25.8 Å². The fourth-order valence-electron chi connectivity index (χ4n) is 2.58. The number of carbonyl (C=O) groups is 1. The molecular formula is C17H19N5O2. The second kappa shape index (κ2) is 6.66. The molecule has 124 valence electrons. The number of hydrogen-bond acceptors (Lipinski definition) is 5. The summed E-state index contributed by atoms with van der Waals surface area (Å²) in [6.45, 7) is 4.34. The molecule has 0 unspecified atom stereocenters. The first-order valence-corrected chi connectivity index (χ1v) is 7.69. The van der Waals surface area contributed by atoms with Gasteiger partial charge in [-0.2, -0.15) is 5.10 Å². The highest BCUT2D eigenvalue weighted by atomic mass is 16.5. The van der Waals surface area contributed by atoms with Gasteiger partial charge in [-0.3, -0.25) is 4.79 Å². The first kappa shape index (κ1) is 15.9. The number of primary amides is 1. The molecule has 0 atom stereocenters. The molecule has 2 heterocycles. The first-order valence-electron chi connectivity index (χ1n) is 7.69. The Bertz CT molecular complexity index is 832. The van der Waals surface area contributed by atoms with Crippen molar-refractivity contribution in [3.63, 3.8) is 0 Å². The van der Waals surface area contributed by atoms with E-state index >= 15 is 0 Å². The molecular weight excluding hydrogens is 306 g/mol. The highest BCUT2D eigenvalue weighted by molar-refractivity contribution is 5.75. The van der Waals surface area contributed by atoms with Crippen LogP contribution in [0.1, 0.15) is 34.2 Å². The van der Waals surface area contributed by atoms with Crippen molar-refractivity contribution in [3.8, 4) is 0 Å². The van der Waals surface area contributed by atoms with Gasteiger partial charge in [0.2, 0.25) is 5.91 Å². The zero-order valence-corrected chi connectivity index (χ0v) is 13.7. The number of aromatic nitrogens is 4. The summed E-state index contributed by atoms with van der Waals surface area (Å²) in [6, 6.07) is 9.97. The highest BCUT2D eigenvalue weighted by Gasteiger charge is 2.17. The molecule has 2 aromatic heterocycles. The lowest BCUT2D eigenvalue weighted by molar-refractivity contribution is -0.117. The third kappa shape index (κ3) is 3.51. The predicted molar refractivity (Wildman–Crippen MR) is 87.2 cm³/mol. The minimum Gasteiger partial charge on any atom is -0.369 e. The molecule has 24 heavy (non-hydrogen) atoms. The summed E-state index contributed by atoms with van der Waals surface area (Å²) in [6.07, 6.45) is 0.566. The van der Waals surface area contributed by atoms with E-state index in [1.807, 2.05) is 44.2 Å². The van der Waals surface area contributed by atoms with Crippen LogP contribution in [0, 0.1) is 13.8 Å². The second-order valence-electron chi connectivity index (χ2n) is 5.71. The van der Waals surface area contributed by atoms with E-state index in [1.165, 1.54) is 0 Å². The second-order valence-corrected chi connectivity index (χ2v) is 5.71. The molecule has 2 N–H and O–H groups in total. The van der Waals surface area contributed by atoms with Gasteiger partial charge in [0.25, 0.3) is 0 Å². The topological polar surface area (TPSA) is 99.8 Å². The summed E-state index contributed by atoms with van der Waals surface area (Å²) in [5.74, 6) is 1.50. The summed E-state index contributed by atoms with van der Waals surface area (Å²) in [7, 11) is 0. The fourth-order valence-corrected chi connectivity index (χ4v) is 2.58. The Morgan fingerprint density at radius 1 is 1.25 bits per heavy atom. The van der Waals surface area contributed by atoms with Crippen LogP contribution in [0.3, 0.4) is 0 Å². The van der Waals surface area contributed by atoms with Crippen molar-refractivity contribution in [1.82, 2.24) is 19.9 Å². The van der Waals surface area contributed by atoms with Crippen LogP contribution in [0.2, 0.25) is 0 Å². The smallest absolute Gasteiger partial charge is 0.225 e. The minimum absolute atomic E-state index is 0.0242. The Hall–Kier alpha value is -2.96. The maximum absolute atomic E-state index is 11.2. The molecule has 0 aliphatic rings. The van der Waals surface area contributed by atoms with E-state index in [4.69, 9.17) is 10.3 Å². The summed E-state index contributed by atoms with van der Waals surface area (Å²) < 4.78 is 7.02. The summed E-state index contributed by atoms with van der Waals surface area (Å²) >= 11 is 0. The molecule has 0 radical (unpaired) electrons. The number of rotatable bonds is 6. The number of carbonyl (C=O) groups excluding carboxylic acids is 1. The number of nitrogens with two attached hydrogens (primary N) is 1. The molecule has 1 aromatic carbocycles. The molecule has 1 amide bonds. The highest BCUT2D eigenvalue weighted by Crippen LogP contribution is 2.17. The average molecular weight is 325 g/mol. The number of nitrogens with zero attached hydrogens (tertiary/aromatic N) is 4. The van der Waals surface area contributed by atoms with E-state index in [-0.39, 0.29) is 6.42 Å². The fraction of sp³-hybridized carbons (Fsp3) is 0.294. The van der Waals surface area contributed by atoms with Crippen LogP contribution >= 0.6 is 0 Å². The summed E-state index contributed by atoms with van der Waals surface area (Å²) in [5, 5.41) is 8.41. The lowest BCUT2D eigenvalue weighted by Gasteiger charge is -2.06. The third-order valence-corrected chi connectivity index (χ3v) is 3.82. The van der Waals surface area contributed by atoms with E-state index in [1.54, 1.807) is 4.68 Å². The van der Waals surface area contributed by atoms with E-state index in [0.717, 1.165) is 28.4 Å². The number of hydrogen-bond donors (Lipinski definition) is 1. The zero-order chi connectivity index (χ0) is 17.1. The van der Waals surface area contributed by atoms with E-state index in [2.05, 4.69) is 15.2 Å². The predicted octanol–water partition coefficient (Wildman–Crippen LogP) is 1.55. The van der Waals surface area contributed by atoms with Crippen LogP contribution in [0.15, 0.2) is 34.9 Å². The number of aryl methyl sites for hydroxylation is 2. The molecule has 0 saturated carbocycles. The largest absolute Gasteiger partial charge is 0.369 e. The maximum atomic E-state index is 11.2. The summed E-state index contributed by atoms with van der Waals surface area (Å²) in [5.41, 5.74) is 8.19. The molecule has 0 fully saturated rings. The van der Waals surface area contributed by atoms with Gasteiger partial charge in [-0.15, -0.1) is 0 Å². The van der Waals surface area contributed by atoms with Crippen molar-refractivity contribution in [2.45, 2.75) is 33.2 Å². The third-order valence-electron chi connectivity index (χ3n) is 3.82. The molecule has 3 aromatic rings. The SMILES string of the molecule is Cc1noc(C)c1Cc1nc(CC(N)=O)nn1Cc1ccccc1. The van der Waals surface area contributed by atoms with Crippen molar-refractivity contribution in [3.05, 3.63) is 64.6 Å². The van der Waals surface area contributed by atoms with Gasteiger partial charge in [-0.05, 0) is 19.4 Å². The van der Waals surface area contributed by atoms with E-state index in [0.29, 0.717) is 18.8 Å². The van der Waals surface area contributed by atoms with Gasteiger partial charge in [0.05, 0.1) is 18.7 Å². The Morgan fingerprint density at radius 3 is 2.62 bits per heavy atom. The van der Waals surface area contributed by atoms with Crippen LogP contribution in [0.25, 0.3) is 0 Å². The van der Waals surface area contributed by atoms with Gasteiger partial charge in [-0.1, -0.05) is 35.5 Å². The van der Waals surface area contributed by atoms with Crippen molar-refractivity contribution in [2.75, 3.05) is 0 Å². The first-order chi connectivity index (χ1) is 11.5. The standard InChI is InChI=1S/C17H19N5O2/c1-11-14(12(2)24-21-11)8-17-19-16(9-15(18)23)20-22(17)10-13-6-4-3-5-7-13/h3-7H,8-10H2,1-2H3,(H2,18,23). The molecule has 7 heteroatoms. The van der Waals surface area contributed by atoms with E-state index < -0.39 is 5.91 Å². The number of benzene rings is 1. The zero-order valence-electron chi connectivity index (χ0n) is 13.7. The minimum atomic E-state index is -0.448. The maximum Gasteiger partial charge on any atom is 0.225 e. The monoisotopic (exact) mass is 325 g/mol. The van der Waals surface area contributed by atoms with Gasteiger partial charge >= 0.3 is 0 Å². The number of amides is 1. The molecule has 3 rings (SSSR count). The molecule has 7 nitrogen and oxygen atoms in total. The summed E-state index contributed by atoms with van der Waals surface area (Å²) in [4.78, 5) is 15.7. The lowest BCUT2D eigenvalue weighted by atomic mass is 10.1. The Balaban J connectivity index is 1.93. The van der Waals surface area contributed by atoms with Gasteiger partial charge in [0.1, 0.15) is 11.6 Å². The van der Waals surface area contributed by atoms with Crippen molar-refractivity contribution < 1.29 is 9.32 Å². The van der Waals surface area contributed by atoms with E-state index in [9.17, 15) is 4.79 Å². The van der Waals surface area contributed by atoms with Crippen LogP contribution in [-0.2, 0) is 24.2 Å². The average Bonchev–Trinajstić information content (AvgIpc) is 3.05. The van der Waals surface area contributed by atoms with Crippen LogP contribution in [0.4, 0.5) is 0 Å². The molecule has 0 aliphatic carbocycles. The Labute approximate surface area is 139 Å². The Morgan fingerprint density at radius 2 is 2.00 bits per heavy atom. The van der Waals surface area contributed by atoms with Gasteiger partial charge in [-0.25, -0.2) is 9.67 Å². The van der Waals surface area contributed by atoms with Gasteiger partial charge in [0, 0.05) is 12.0 Å². The Kier molecular flexibility index (Phi) is 4.41. The van der Waals surface area contributed by atoms with Gasteiger partial charge in [0.15, 0.2) is 5.82 Å². The quantitative estimate of drug-likeness (QED) is 0.741. The normalized spacial score (nSPS) is 10.9. The van der Waals surface area contributed by atoms with Crippen molar-refractivity contribution in [2.24, 2.45) is 5.73 Å². The molecule has 0 bridgehead atoms. The van der Waals surface area contributed by atoms with Crippen LogP contribution < -0.4 is 5.73 Å².